The molecule has 1 amide bonds. The number of carbonyl (C=O) groups is 1. The Morgan fingerprint density at radius 1 is 1.03 bits per heavy atom. The van der Waals surface area contributed by atoms with Gasteiger partial charge in [0.2, 0.25) is 0 Å². The monoisotopic (exact) mass is 414 g/mol. The SMILES string of the molecule is O=C(Nc1ccccc1-c1nc2ccccc2[nH]1)c1cc2cc([N+](=O)[O-])ccc2s1. The van der Waals surface area contributed by atoms with E-state index in [-0.39, 0.29) is 11.6 Å². The summed E-state index contributed by atoms with van der Waals surface area (Å²) in [5.41, 5.74) is 3.17. The van der Waals surface area contributed by atoms with Crippen LogP contribution in [0.5, 0.6) is 0 Å². The van der Waals surface area contributed by atoms with Gasteiger partial charge in [0.1, 0.15) is 5.82 Å². The molecule has 5 aromatic rings. The van der Waals surface area contributed by atoms with Gasteiger partial charge >= 0.3 is 0 Å². The van der Waals surface area contributed by atoms with Gasteiger partial charge in [0, 0.05) is 27.8 Å². The molecule has 0 fully saturated rings. The molecule has 3 aromatic carbocycles. The lowest BCUT2D eigenvalue weighted by atomic mass is 10.1. The number of carbonyl (C=O) groups excluding carboxylic acids is 1. The molecule has 2 heterocycles. The Labute approximate surface area is 174 Å². The van der Waals surface area contributed by atoms with Crippen LogP contribution in [0.1, 0.15) is 9.67 Å². The predicted octanol–water partition coefficient (Wildman–Crippen LogP) is 5.61. The third kappa shape index (κ3) is 3.19. The van der Waals surface area contributed by atoms with Crippen LogP contribution in [0.2, 0.25) is 0 Å². The summed E-state index contributed by atoms with van der Waals surface area (Å²) < 4.78 is 0.816. The van der Waals surface area contributed by atoms with Crippen molar-refractivity contribution in [2.24, 2.45) is 0 Å². The number of hydrogen-bond donors (Lipinski definition) is 2. The van der Waals surface area contributed by atoms with Crippen molar-refractivity contribution in [2.45, 2.75) is 0 Å². The van der Waals surface area contributed by atoms with Crippen molar-refractivity contribution in [3.8, 4) is 11.4 Å². The number of aromatic amines is 1. The first-order chi connectivity index (χ1) is 14.6. The zero-order valence-electron chi connectivity index (χ0n) is 15.5. The molecule has 2 N–H and O–H groups in total. The Morgan fingerprint density at radius 3 is 2.67 bits per heavy atom. The van der Waals surface area contributed by atoms with E-state index in [4.69, 9.17) is 0 Å². The van der Waals surface area contributed by atoms with Crippen LogP contribution in [0.3, 0.4) is 0 Å². The van der Waals surface area contributed by atoms with Gasteiger partial charge < -0.3 is 10.3 Å². The van der Waals surface area contributed by atoms with E-state index in [0.29, 0.717) is 21.8 Å². The number of nitrogens with zero attached hydrogens (tertiary/aromatic N) is 2. The molecule has 8 heteroatoms. The zero-order valence-corrected chi connectivity index (χ0v) is 16.3. The smallest absolute Gasteiger partial charge is 0.270 e. The number of hydrogen-bond acceptors (Lipinski definition) is 5. The minimum atomic E-state index is -0.444. The van der Waals surface area contributed by atoms with Gasteiger partial charge in [-0.05, 0) is 36.4 Å². The number of aromatic nitrogens is 2. The van der Waals surface area contributed by atoms with Gasteiger partial charge in [0.15, 0.2) is 0 Å². The van der Waals surface area contributed by atoms with E-state index < -0.39 is 4.92 Å². The lowest BCUT2D eigenvalue weighted by Crippen LogP contribution is -2.11. The van der Waals surface area contributed by atoms with E-state index in [9.17, 15) is 14.9 Å². The number of fused-ring (bicyclic) bond motifs is 2. The molecule has 0 spiro atoms. The molecular weight excluding hydrogens is 400 g/mol. The van der Waals surface area contributed by atoms with E-state index in [1.54, 1.807) is 12.1 Å². The Kier molecular flexibility index (Phi) is 4.26. The summed E-state index contributed by atoms with van der Waals surface area (Å²) >= 11 is 1.29. The highest BCUT2D eigenvalue weighted by Gasteiger charge is 2.16. The van der Waals surface area contributed by atoms with Gasteiger partial charge in [-0.2, -0.15) is 0 Å². The molecule has 7 nitrogen and oxygen atoms in total. The van der Waals surface area contributed by atoms with Gasteiger partial charge in [-0.25, -0.2) is 4.98 Å². The van der Waals surface area contributed by atoms with Gasteiger partial charge in [0.25, 0.3) is 11.6 Å². The van der Waals surface area contributed by atoms with Crippen LogP contribution in [0.4, 0.5) is 11.4 Å². The third-order valence-electron chi connectivity index (χ3n) is 4.75. The molecule has 0 aliphatic heterocycles. The topological polar surface area (TPSA) is 101 Å². The molecule has 0 unspecified atom stereocenters. The summed E-state index contributed by atoms with van der Waals surface area (Å²) in [7, 11) is 0. The van der Waals surface area contributed by atoms with Gasteiger partial charge in [-0.1, -0.05) is 24.3 Å². The average Bonchev–Trinajstić information content (AvgIpc) is 3.37. The van der Waals surface area contributed by atoms with Crippen molar-refractivity contribution in [1.29, 1.82) is 0 Å². The summed E-state index contributed by atoms with van der Waals surface area (Å²) in [6, 6.07) is 21.4. The molecule has 0 saturated heterocycles. The summed E-state index contributed by atoms with van der Waals surface area (Å²) in [6.45, 7) is 0. The summed E-state index contributed by atoms with van der Waals surface area (Å²) in [5.74, 6) is 0.390. The van der Waals surface area contributed by atoms with E-state index in [1.807, 2.05) is 48.5 Å². The molecule has 2 aromatic heterocycles. The third-order valence-corrected chi connectivity index (χ3v) is 5.87. The molecule has 0 aliphatic carbocycles. The lowest BCUT2D eigenvalue weighted by Gasteiger charge is -2.08. The van der Waals surface area contributed by atoms with E-state index in [0.717, 1.165) is 21.3 Å². The number of rotatable bonds is 4. The molecule has 0 bridgehead atoms. The predicted molar refractivity (Wildman–Crippen MR) is 118 cm³/mol. The average molecular weight is 414 g/mol. The number of nitro benzene ring substituents is 1. The molecule has 0 aliphatic rings. The summed E-state index contributed by atoms with van der Waals surface area (Å²) in [5, 5.41) is 14.6. The molecular formula is C22H14N4O3S. The number of anilines is 1. The number of thiophene rings is 1. The van der Waals surface area contributed by atoms with Crippen molar-refractivity contribution in [3.63, 3.8) is 0 Å². The lowest BCUT2D eigenvalue weighted by molar-refractivity contribution is -0.384. The number of nitrogens with one attached hydrogen (secondary N) is 2. The van der Waals surface area contributed by atoms with Gasteiger partial charge in [0.05, 0.1) is 26.5 Å². The second kappa shape index (κ2) is 7.09. The minimum absolute atomic E-state index is 0.00230. The Hall–Kier alpha value is -4.04. The first-order valence-corrected chi connectivity index (χ1v) is 9.93. The van der Waals surface area contributed by atoms with Crippen molar-refractivity contribution in [1.82, 2.24) is 9.97 Å². The number of benzene rings is 3. The number of amides is 1. The Bertz CT molecular complexity index is 1400. The van der Waals surface area contributed by atoms with Crippen LogP contribution in [0.15, 0.2) is 72.8 Å². The van der Waals surface area contributed by atoms with Crippen LogP contribution >= 0.6 is 11.3 Å². The van der Waals surface area contributed by atoms with Crippen LogP contribution in [0, 0.1) is 10.1 Å². The standard InChI is InChI=1S/C22H14N4O3S/c27-22(20-12-13-11-14(26(28)29)9-10-19(13)30-20)25-16-6-2-1-5-15(16)21-23-17-7-3-4-8-18(17)24-21/h1-12H,(H,23,24)(H,25,27). The maximum Gasteiger partial charge on any atom is 0.270 e. The maximum absolute atomic E-state index is 12.9. The largest absolute Gasteiger partial charge is 0.338 e. The summed E-state index contributed by atoms with van der Waals surface area (Å²) in [6.07, 6.45) is 0. The molecule has 146 valence electrons. The Morgan fingerprint density at radius 2 is 1.83 bits per heavy atom. The number of para-hydroxylation sites is 3. The highest BCUT2D eigenvalue weighted by Crippen LogP contribution is 2.31. The van der Waals surface area contributed by atoms with E-state index in [2.05, 4.69) is 15.3 Å². The number of non-ortho nitro benzene ring substituents is 1. The highest BCUT2D eigenvalue weighted by atomic mass is 32.1. The summed E-state index contributed by atoms with van der Waals surface area (Å²) in [4.78, 5) is 31.8. The molecule has 30 heavy (non-hydrogen) atoms. The van der Waals surface area contributed by atoms with Crippen molar-refractivity contribution in [3.05, 3.63) is 87.8 Å². The number of nitro groups is 1. The van der Waals surface area contributed by atoms with Crippen molar-refractivity contribution in [2.75, 3.05) is 5.32 Å². The zero-order chi connectivity index (χ0) is 20.7. The van der Waals surface area contributed by atoms with Crippen LogP contribution in [-0.4, -0.2) is 20.8 Å². The van der Waals surface area contributed by atoms with Crippen LogP contribution < -0.4 is 5.32 Å². The van der Waals surface area contributed by atoms with Crippen LogP contribution in [-0.2, 0) is 0 Å². The maximum atomic E-state index is 12.9. The first-order valence-electron chi connectivity index (χ1n) is 9.12. The number of H-pyrrole nitrogens is 1. The molecule has 0 saturated carbocycles. The van der Waals surface area contributed by atoms with Gasteiger partial charge in [-0.3, -0.25) is 14.9 Å². The van der Waals surface area contributed by atoms with E-state index in [1.165, 1.54) is 23.5 Å². The second-order valence-corrected chi connectivity index (χ2v) is 7.78. The first kappa shape index (κ1) is 18.0. The fourth-order valence-electron chi connectivity index (χ4n) is 3.32. The normalized spacial score (nSPS) is 11.1. The van der Waals surface area contributed by atoms with Gasteiger partial charge in [-0.15, -0.1) is 11.3 Å². The second-order valence-electron chi connectivity index (χ2n) is 6.69. The van der Waals surface area contributed by atoms with Crippen molar-refractivity contribution < 1.29 is 9.72 Å². The fraction of sp³-hybridized carbons (Fsp3) is 0. The molecule has 0 atom stereocenters. The Balaban J connectivity index is 1.48. The van der Waals surface area contributed by atoms with Crippen molar-refractivity contribution >= 4 is 49.7 Å². The van der Waals surface area contributed by atoms with Crippen LogP contribution in [0.25, 0.3) is 32.5 Å². The fourth-order valence-corrected chi connectivity index (χ4v) is 4.26. The highest BCUT2D eigenvalue weighted by molar-refractivity contribution is 7.20. The number of imidazole rings is 1. The molecule has 5 rings (SSSR count). The molecule has 0 radical (unpaired) electrons. The minimum Gasteiger partial charge on any atom is -0.338 e. The quantitative estimate of drug-likeness (QED) is 0.295. The van der Waals surface area contributed by atoms with E-state index >= 15 is 0 Å².